The van der Waals surface area contributed by atoms with Crippen LogP contribution in [0.4, 0.5) is 11.4 Å². The average Bonchev–Trinajstić information content (AvgIpc) is 3.05. The monoisotopic (exact) mass is 662 g/mol. The Morgan fingerprint density at radius 1 is 0.891 bits per heavy atom. The number of non-ortho nitro benzene ring substituents is 1. The van der Waals surface area contributed by atoms with Gasteiger partial charge in [0.05, 0.1) is 15.5 Å². The largest absolute Gasteiger partial charge is 0.352 e. The molecule has 4 aromatic carbocycles. The number of nitro benzene ring substituents is 1. The molecule has 0 heterocycles. The fourth-order valence-corrected chi connectivity index (χ4v) is 6.48. The molecule has 0 saturated heterocycles. The summed E-state index contributed by atoms with van der Waals surface area (Å²) >= 11 is 6.27. The van der Waals surface area contributed by atoms with E-state index in [1.807, 2.05) is 44.2 Å². The van der Waals surface area contributed by atoms with Gasteiger partial charge in [-0.15, -0.1) is 0 Å². The summed E-state index contributed by atoms with van der Waals surface area (Å²) in [5.41, 5.74) is 1.01. The number of nitrogens with zero attached hydrogens (tertiary/aromatic N) is 3. The van der Waals surface area contributed by atoms with Crippen LogP contribution in [0.15, 0.2) is 114 Å². The highest BCUT2D eigenvalue weighted by Gasteiger charge is 2.35. The molecule has 10 nitrogen and oxygen atoms in total. The average molecular weight is 663 g/mol. The van der Waals surface area contributed by atoms with Gasteiger partial charge in [0, 0.05) is 36.2 Å². The van der Waals surface area contributed by atoms with Crippen molar-refractivity contribution in [1.82, 2.24) is 10.2 Å². The summed E-state index contributed by atoms with van der Waals surface area (Å²) in [7, 11) is -4.39. The van der Waals surface area contributed by atoms with E-state index >= 15 is 0 Å². The van der Waals surface area contributed by atoms with E-state index in [4.69, 9.17) is 11.6 Å². The quantitative estimate of drug-likeness (QED) is 0.130. The first-order valence-corrected chi connectivity index (χ1v) is 16.5. The fourth-order valence-electron chi connectivity index (χ4n) is 4.84. The van der Waals surface area contributed by atoms with Crippen molar-refractivity contribution in [3.05, 3.63) is 135 Å². The van der Waals surface area contributed by atoms with E-state index in [1.165, 1.54) is 35.2 Å². The van der Waals surface area contributed by atoms with E-state index in [9.17, 15) is 28.1 Å². The van der Waals surface area contributed by atoms with Gasteiger partial charge in [0.25, 0.3) is 15.7 Å². The van der Waals surface area contributed by atoms with E-state index in [1.54, 1.807) is 42.5 Å². The van der Waals surface area contributed by atoms with Crippen LogP contribution in [-0.4, -0.2) is 48.7 Å². The molecule has 12 heteroatoms. The molecule has 0 unspecified atom stereocenters. The van der Waals surface area contributed by atoms with Gasteiger partial charge in [-0.3, -0.25) is 24.0 Å². The summed E-state index contributed by atoms with van der Waals surface area (Å²) in [6, 6.07) is 27.4. The van der Waals surface area contributed by atoms with Gasteiger partial charge >= 0.3 is 0 Å². The number of nitrogens with one attached hydrogen (secondary N) is 1. The van der Waals surface area contributed by atoms with Gasteiger partial charge in [0.1, 0.15) is 12.6 Å². The second kappa shape index (κ2) is 15.5. The Balaban J connectivity index is 1.83. The lowest BCUT2D eigenvalue weighted by Crippen LogP contribution is -2.54. The van der Waals surface area contributed by atoms with Crippen LogP contribution in [0.1, 0.15) is 31.4 Å². The highest BCUT2D eigenvalue weighted by Crippen LogP contribution is 2.28. The van der Waals surface area contributed by atoms with Gasteiger partial charge in [0.2, 0.25) is 11.8 Å². The van der Waals surface area contributed by atoms with Crippen molar-refractivity contribution in [1.29, 1.82) is 0 Å². The number of carbonyl (C=O) groups is 2. The highest BCUT2D eigenvalue weighted by atomic mass is 35.5. The van der Waals surface area contributed by atoms with Crippen LogP contribution >= 0.6 is 11.6 Å². The van der Waals surface area contributed by atoms with Crippen molar-refractivity contribution in [3.63, 3.8) is 0 Å². The molecule has 0 aliphatic rings. The molecule has 1 N–H and O–H groups in total. The number of anilines is 1. The number of amides is 2. The van der Waals surface area contributed by atoms with Crippen LogP contribution in [0.5, 0.6) is 0 Å². The number of hydrogen-bond donors (Lipinski definition) is 1. The Labute approximate surface area is 273 Å². The lowest BCUT2D eigenvalue weighted by molar-refractivity contribution is -0.384. The van der Waals surface area contributed by atoms with Crippen molar-refractivity contribution in [3.8, 4) is 0 Å². The zero-order valence-corrected chi connectivity index (χ0v) is 27.0. The summed E-state index contributed by atoms with van der Waals surface area (Å²) < 4.78 is 28.9. The number of carbonyl (C=O) groups excluding carboxylic acids is 2. The Morgan fingerprint density at radius 3 is 2.15 bits per heavy atom. The van der Waals surface area contributed by atoms with Gasteiger partial charge in [-0.1, -0.05) is 85.3 Å². The number of rotatable bonds is 14. The van der Waals surface area contributed by atoms with Crippen LogP contribution in [0.3, 0.4) is 0 Å². The molecule has 0 fully saturated rings. The van der Waals surface area contributed by atoms with E-state index < -0.39 is 39.3 Å². The Hall–Kier alpha value is -4.74. The molecule has 0 aliphatic heterocycles. The summed E-state index contributed by atoms with van der Waals surface area (Å²) in [6.07, 6.45) is 0.805. The third-order valence-electron chi connectivity index (χ3n) is 7.45. The fraction of sp³-hybridized carbons (Fsp3) is 0.235. The minimum atomic E-state index is -4.39. The molecule has 2 atom stereocenters. The molecule has 0 bridgehead atoms. The SMILES string of the molecule is CC[C@@H](C)NC(=O)[C@@H](Cc1ccccc1)N(Cc1cccc(Cl)c1)C(=O)CN(c1cccc([N+](=O)[O-])c1)S(=O)(=O)c1ccccc1. The maximum absolute atomic E-state index is 14.5. The van der Waals surface area contributed by atoms with Crippen molar-refractivity contribution >= 4 is 44.8 Å². The maximum Gasteiger partial charge on any atom is 0.271 e. The normalized spacial score (nSPS) is 12.5. The third-order valence-corrected chi connectivity index (χ3v) is 9.48. The number of nitro groups is 1. The summed E-state index contributed by atoms with van der Waals surface area (Å²) in [5.74, 6) is -1.09. The molecule has 0 aromatic heterocycles. The number of hydrogen-bond acceptors (Lipinski definition) is 6. The number of halogens is 1. The molecular weight excluding hydrogens is 628 g/mol. The Kier molecular flexibility index (Phi) is 11.5. The zero-order valence-electron chi connectivity index (χ0n) is 25.5. The summed E-state index contributed by atoms with van der Waals surface area (Å²) in [6.45, 7) is 2.99. The lowest BCUT2D eigenvalue weighted by atomic mass is 10.0. The first kappa shape index (κ1) is 34.1. The summed E-state index contributed by atoms with van der Waals surface area (Å²) in [5, 5.41) is 15.0. The standard InChI is InChI=1S/C34H35ClN4O6S/c1-3-25(2)36-34(41)32(21-26-12-6-4-7-13-26)37(23-27-14-10-15-28(35)20-27)33(40)24-38(29-16-11-17-30(22-29)39(42)43)46(44,45)31-18-8-5-9-19-31/h4-20,22,25,32H,3,21,23-24H2,1-2H3,(H,36,41)/t25-,32-/m1/s1. The minimum Gasteiger partial charge on any atom is -0.352 e. The molecule has 4 rings (SSSR count). The Bertz CT molecular complexity index is 1770. The van der Waals surface area contributed by atoms with Gasteiger partial charge in [-0.25, -0.2) is 8.42 Å². The van der Waals surface area contributed by atoms with Crippen molar-refractivity contribution in [2.75, 3.05) is 10.8 Å². The first-order valence-electron chi connectivity index (χ1n) is 14.7. The molecule has 46 heavy (non-hydrogen) atoms. The molecule has 4 aromatic rings. The van der Waals surface area contributed by atoms with Crippen LogP contribution in [-0.2, 0) is 32.6 Å². The van der Waals surface area contributed by atoms with Gasteiger partial charge in [0.15, 0.2) is 0 Å². The van der Waals surface area contributed by atoms with Crippen molar-refractivity contribution < 1.29 is 22.9 Å². The number of benzene rings is 4. The maximum atomic E-state index is 14.5. The smallest absolute Gasteiger partial charge is 0.271 e. The Morgan fingerprint density at radius 2 is 1.52 bits per heavy atom. The molecule has 2 amide bonds. The zero-order chi connectivity index (χ0) is 33.3. The second-order valence-electron chi connectivity index (χ2n) is 10.8. The number of sulfonamides is 1. The first-order chi connectivity index (χ1) is 22.0. The van der Waals surface area contributed by atoms with E-state index in [0.717, 1.165) is 15.9 Å². The van der Waals surface area contributed by atoms with Crippen molar-refractivity contribution in [2.45, 2.75) is 50.2 Å². The predicted octanol–water partition coefficient (Wildman–Crippen LogP) is 6.00. The van der Waals surface area contributed by atoms with Gasteiger partial charge in [-0.2, -0.15) is 0 Å². The van der Waals surface area contributed by atoms with E-state index in [-0.39, 0.29) is 35.3 Å². The van der Waals surface area contributed by atoms with Crippen molar-refractivity contribution in [2.24, 2.45) is 0 Å². The molecule has 240 valence electrons. The molecule has 0 spiro atoms. The molecule has 0 aliphatic carbocycles. The molecular formula is C34H35ClN4O6S. The van der Waals surface area contributed by atoms with Gasteiger partial charge < -0.3 is 10.2 Å². The topological polar surface area (TPSA) is 130 Å². The third kappa shape index (κ3) is 8.70. The minimum absolute atomic E-state index is 0.0566. The molecule has 0 saturated carbocycles. The van der Waals surface area contributed by atoms with Crippen LogP contribution in [0, 0.1) is 10.1 Å². The predicted molar refractivity (Wildman–Crippen MR) is 178 cm³/mol. The van der Waals surface area contributed by atoms with Crippen LogP contribution < -0.4 is 9.62 Å². The van der Waals surface area contributed by atoms with Crippen LogP contribution in [0.25, 0.3) is 0 Å². The lowest BCUT2D eigenvalue weighted by Gasteiger charge is -2.34. The molecule has 0 radical (unpaired) electrons. The second-order valence-corrected chi connectivity index (χ2v) is 13.1. The van der Waals surface area contributed by atoms with Crippen LogP contribution in [0.2, 0.25) is 5.02 Å². The highest BCUT2D eigenvalue weighted by molar-refractivity contribution is 7.92. The van der Waals surface area contributed by atoms with E-state index in [0.29, 0.717) is 17.0 Å². The van der Waals surface area contributed by atoms with E-state index in [2.05, 4.69) is 5.32 Å². The van der Waals surface area contributed by atoms with Gasteiger partial charge in [-0.05, 0) is 54.8 Å². The summed E-state index contributed by atoms with van der Waals surface area (Å²) in [4.78, 5) is 40.6.